The fourth-order valence-electron chi connectivity index (χ4n) is 3.03. The third-order valence-electron chi connectivity index (χ3n) is 4.12. The Hall–Kier alpha value is -2.77. The summed E-state index contributed by atoms with van der Waals surface area (Å²) in [5.41, 5.74) is 3.36. The average molecular weight is 330 g/mol. The van der Waals surface area contributed by atoms with Crippen molar-refractivity contribution in [1.82, 2.24) is 0 Å². The molecule has 0 unspecified atom stereocenters. The van der Waals surface area contributed by atoms with Gasteiger partial charge in [-0.2, -0.15) is 0 Å². The van der Waals surface area contributed by atoms with Crippen LogP contribution in [0.2, 0.25) is 5.02 Å². The van der Waals surface area contributed by atoms with E-state index in [1.165, 1.54) is 0 Å². The molecule has 24 heavy (non-hydrogen) atoms. The average Bonchev–Trinajstić information content (AvgIpc) is 2.65. The summed E-state index contributed by atoms with van der Waals surface area (Å²) in [6.45, 7) is 0. The third-order valence-corrected chi connectivity index (χ3v) is 4.45. The van der Waals surface area contributed by atoms with Crippen LogP contribution >= 0.6 is 11.6 Å². The summed E-state index contributed by atoms with van der Waals surface area (Å²) in [5.74, 6) is 0. The van der Waals surface area contributed by atoms with Gasteiger partial charge in [0.1, 0.15) is 0 Å². The summed E-state index contributed by atoms with van der Waals surface area (Å²) >= 11 is 6.41. The van der Waals surface area contributed by atoms with E-state index in [0.717, 1.165) is 32.9 Å². The topological polar surface area (TPSA) is 3.24 Å². The number of hydrogen-bond acceptors (Lipinski definition) is 1. The maximum absolute atomic E-state index is 6.41. The molecule has 1 nitrogen and oxygen atoms in total. The van der Waals surface area contributed by atoms with Crippen LogP contribution in [0.15, 0.2) is 97.1 Å². The van der Waals surface area contributed by atoms with Gasteiger partial charge in [-0.05, 0) is 36.4 Å². The molecular formula is C22H16ClN. The number of benzene rings is 4. The predicted octanol–water partition coefficient (Wildman–Crippen LogP) is 6.96. The summed E-state index contributed by atoms with van der Waals surface area (Å²) in [5, 5.41) is 2.97. The maximum atomic E-state index is 6.41. The summed E-state index contributed by atoms with van der Waals surface area (Å²) in [6.07, 6.45) is 0. The van der Waals surface area contributed by atoms with Crippen molar-refractivity contribution in [2.45, 2.75) is 0 Å². The van der Waals surface area contributed by atoms with Gasteiger partial charge in [-0.1, -0.05) is 72.3 Å². The molecule has 4 aromatic rings. The Morgan fingerprint density at radius 3 is 1.67 bits per heavy atom. The van der Waals surface area contributed by atoms with E-state index >= 15 is 0 Å². The van der Waals surface area contributed by atoms with Crippen molar-refractivity contribution >= 4 is 39.4 Å². The van der Waals surface area contributed by atoms with Crippen molar-refractivity contribution in [2.75, 3.05) is 4.90 Å². The van der Waals surface area contributed by atoms with Gasteiger partial charge in [-0.15, -0.1) is 0 Å². The Kier molecular flexibility index (Phi) is 3.94. The van der Waals surface area contributed by atoms with Gasteiger partial charge in [0.05, 0.1) is 5.69 Å². The second kappa shape index (κ2) is 6.38. The van der Waals surface area contributed by atoms with Crippen molar-refractivity contribution in [3.05, 3.63) is 102 Å². The number of anilines is 3. The minimum absolute atomic E-state index is 0.774. The van der Waals surface area contributed by atoms with Crippen molar-refractivity contribution in [3.63, 3.8) is 0 Å². The van der Waals surface area contributed by atoms with Crippen molar-refractivity contribution < 1.29 is 0 Å². The van der Waals surface area contributed by atoms with Crippen LogP contribution in [0.3, 0.4) is 0 Å². The van der Waals surface area contributed by atoms with E-state index in [0.29, 0.717) is 0 Å². The monoisotopic (exact) mass is 329 g/mol. The Balaban J connectivity index is 2.00. The van der Waals surface area contributed by atoms with Crippen LogP contribution in [-0.4, -0.2) is 0 Å². The molecular weight excluding hydrogens is 314 g/mol. The van der Waals surface area contributed by atoms with Crippen LogP contribution in [0.5, 0.6) is 0 Å². The SMILES string of the molecule is Clc1cccc2c(N(c3ccccc3)c3ccccc3)cccc12. The molecule has 0 spiro atoms. The van der Waals surface area contributed by atoms with Gasteiger partial charge >= 0.3 is 0 Å². The normalized spacial score (nSPS) is 10.7. The number of halogens is 1. The van der Waals surface area contributed by atoms with E-state index in [-0.39, 0.29) is 0 Å². The second-order valence-corrected chi connectivity index (χ2v) is 6.03. The minimum Gasteiger partial charge on any atom is -0.310 e. The molecule has 2 heteroatoms. The van der Waals surface area contributed by atoms with E-state index in [1.807, 2.05) is 24.3 Å². The lowest BCUT2D eigenvalue weighted by atomic mass is 10.1. The molecule has 0 aliphatic heterocycles. The molecule has 0 bridgehead atoms. The van der Waals surface area contributed by atoms with Gasteiger partial charge in [-0.25, -0.2) is 0 Å². The standard InChI is InChI=1S/C22H16ClN/c23-21-15-7-14-20-19(21)13-8-16-22(20)24(17-9-3-1-4-10-17)18-11-5-2-6-12-18/h1-16H. The van der Waals surface area contributed by atoms with Crippen LogP contribution in [0.4, 0.5) is 17.1 Å². The summed E-state index contributed by atoms with van der Waals surface area (Å²) in [7, 11) is 0. The largest absolute Gasteiger partial charge is 0.310 e. The van der Waals surface area contributed by atoms with E-state index in [2.05, 4.69) is 77.7 Å². The van der Waals surface area contributed by atoms with E-state index in [1.54, 1.807) is 0 Å². The zero-order valence-corrected chi connectivity index (χ0v) is 13.8. The molecule has 0 heterocycles. The molecule has 116 valence electrons. The molecule has 0 saturated carbocycles. The lowest BCUT2D eigenvalue weighted by molar-refractivity contribution is 1.30. The van der Waals surface area contributed by atoms with Gasteiger partial charge < -0.3 is 4.90 Å². The van der Waals surface area contributed by atoms with Gasteiger partial charge in [0, 0.05) is 27.2 Å². The summed E-state index contributed by atoms with van der Waals surface area (Å²) in [4.78, 5) is 2.26. The van der Waals surface area contributed by atoms with E-state index in [9.17, 15) is 0 Å². The Morgan fingerprint density at radius 1 is 0.500 bits per heavy atom. The Labute approximate surface area is 146 Å². The van der Waals surface area contributed by atoms with Crippen molar-refractivity contribution in [2.24, 2.45) is 0 Å². The molecule has 0 aliphatic rings. The molecule has 4 aromatic carbocycles. The second-order valence-electron chi connectivity index (χ2n) is 5.62. The quantitative estimate of drug-likeness (QED) is 0.392. The fraction of sp³-hybridized carbons (Fsp3) is 0. The molecule has 0 fully saturated rings. The lowest BCUT2D eigenvalue weighted by Crippen LogP contribution is -2.10. The van der Waals surface area contributed by atoms with Gasteiger partial charge in [0.2, 0.25) is 0 Å². The highest BCUT2D eigenvalue weighted by atomic mass is 35.5. The van der Waals surface area contributed by atoms with Gasteiger partial charge in [0.25, 0.3) is 0 Å². The third kappa shape index (κ3) is 2.64. The van der Waals surface area contributed by atoms with Gasteiger partial charge in [0.15, 0.2) is 0 Å². The molecule has 0 atom stereocenters. The Morgan fingerprint density at radius 2 is 1.04 bits per heavy atom. The minimum atomic E-state index is 0.774. The van der Waals surface area contributed by atoms with Crippen LogP contribution in [-0.2, 0) is 0 Å². The summed E-state index contributed by atoms with van der Waals surface area (Å²) < 4.78 is 0. The number of rotatable bonds is 3. The van der Waals surface area contributed by atoms with E-state index in [4.69, 9.17) is 11.6 Å². The smallest absolute Gasteiger partial charge is 0.0540 e. The molecule has 0 aromatic heterocycles. The zero-order valence-electron chi connectivity index (χ0n) is 13.1. The number of hydrogen-bond donors (Lipinski definition) is 0. The first-order valence-electron chi connectivity index (χ1n) is 7.92. The molecule has 0 aliphatic carbocycles. The first-order valence-corrected chi connectivity index (χ1v) is 8.30. The van der Waals surface area contributed by atoms with Crippen molar-refractivity contribution in [1.29, 1.82) is 0 Å². The zero-order chi connectivity index (χ0) is 16.4. The highest BCUT2D eigenvalue weighted by Crippen LogP contribution is 2.39. The van der Waals surface area contributed by atoms with Crippen LogP contribution in [0, 0.1) is 0 Å². The number of para-hydroxylation sites is 2. The fourth-order valence-corrected chi connectivity index (χ4v) is 3.27. The van der Waals surface area contributed by atoms with Gasteiger partial charge in [-0.3, -0.25) is 0 Å². The maximum Gasteiger partial charge on any atom is 0.0540 e. The molecule has 4 rings (SSSR count). The number of fused-ring (bicyclic) bond motifs is 1. The van der Waals surface area contributed by atoms with Crippen LogP contribution < -0.4 is 4.90 Å². The Bertz CT molecular complexity index is 925. The number of nitrogens with zero attached hydrogens (tertiary/aromatic N) is 1. The lowest BCUT2D eigenvalue weighted by Gasteiger charge is -2.26. The highest BCUT2D eigenvalue weighted by molar-refractivity contribution is 6.36. The first kappa shape index (κ1) is 14.8. The first-order chi connectivity index (χ1) is 11.8. The molecule has 0 radical (unpaired) electrons. The van der Waals surface area contributed by atoms with Crippen LogP contribution in [0.1, 0.15) is 0 Å². The highest BCUT2D eigenvalue weighted by Gasteiger charge is 2.15. The molecule has 0 amide bonds. The van der Waals surface area contributed by atoms with Crippen LogP contribution in [0.25, 0.3) is 10.8 Å². The summed E-state index contributed by atoms with van der Waals surface area (Å²) in [6, 6.07) is 33.1. The predicted molar refractivity (Wildman–Crippen MR) is 104 cm³/mol. The molecule has 0 saturated heterocycles. The van der Waals surface area contributed by atoms with Crippen molar-refractivity contribution in [3.8, 4) is 0 Å². The molecule has 0 N–H and O–H groups in total. The van der Waals surface area contributed by atoms with E-state index < -0.39 is 0 Å².